The minimum atomic E-state index is -0.410. The van der Waals surface area contributed by atoms with E-state index in [2.05, 4.69) is 29.3 Å². The van der Waals surface area contributed by atoms with Crippen LogP contribution in [0.4, 0.5) is 11.4 Å². The monoisotopic (exact) mass is 418 g/mol. The van der Waals surface area contributed by atoms with Crippen LogP contribution in [0.1, 0.15) is 43.0 Å². The number of benzene rings is 2. The van der Waals surface area contributed by atoms with Crippen LogP contribution in [0.2, 0.25) is 0 Å². The van der Waals surface area contributed by atoms with Crippen LogP contribution in [0.25, 0.3) is 6.08 Å². The van der Waals surface area contributed by atoms with Gasteiger partial charge in [-0.05, 0) is 72.3 Å². The number of ether oxygens (including phenoxy) is 1. The van der Waals surface area contributed by atoms with Crippen molar-refractivity contribution in [1.29, 1.82) is 0 Å². The average Bonchev–Trinajstić information content (AvgIpc) is 3.29. The van der Waals surface area contributed by atoms with Crippen LogP contribution in [0.3, 0.4) is 0 Å². The highest BCUT2D eigenvalue weighted by molar-refractivity contribution is 7.10. The van der Waals surface area contributed by atoms with Crippen molar-refractivity contribution < 1.29 is 9.53 Å². The van der Waals surface area contributed by atoms with Gasteiger partial charge in [-0.25, -0.2) is 4.79 Å². The number of rotatable bonds is 10. The zero-order valence-corrected chi connectivity index (χ0v) is 18.0. The second-order valence-electron chi connectivity index (χ2n) is 6.94. The minimum absolute atomic E-state index is 0.410. The normalized spacial score (nSPS) is 11.4. The van der Waals surface area contributed by atoms with E-state index in [4.69, 9.17) is 4.74 Å². The van der Waals surface area contributed by atoms with Gasteiger partial charge in [0.25, 0.3) is 0 Å². The highest BCUT2D eigenvalue weighted by Gasteiger charge is 2.01. The van der Waals surface area contributed by atoms with Crippen LogP contribution in [0, 0.1) is 0 Å². The summed E-state index contributed by atoms with van der Waals surface area (Å²) < 4.78 is 5.30. The molecule has 0 saturated carbocycles. The van der Waals surface area contributed by atoms with E-state index in [-0.39, 0.29) is 0 Å². The molecule has 30 heavy (non-hydrogen) atoms. The Morgan fingerprint density at radius 2 is 1.63 bits per heavy atom. The number of esters is 1. The smallest absolute Gasteiger partial charge is 0.336 e. The van der Waals surface area contributed by atoms with Crippen molar-refractivity contribution in [2.75, 3.05) is 0 Å². The molecule has 0 bridgehead atoms. The van der Waals surface area contributed by atoms with Crippen molar-refractivity contribution in [2.45, 2.75) is 39.0 Å². The first kappa shape index (κ1) is 21.7. The highest BCUT2D eigenvalue weighted by atomic mass is 32.1. The number of nitrogens with zero attached hydrogens (tertiary/aromatic N) is 2. The molecule has 154 valence electrons. The molecule has 1 aromatic heterocycles. The standard InChI is InChI=1S/C25H26N2O2S/c1-2-3-4-5-7-20-9-11-21(12-10-20)26-27-22-13-15-23(16-14-22)29-25(28)18-17-24-8-6-19-30-24/h6,8-19H,2-5,7H2,1H3/b18-17+,27-26?. The molecule has 0 atom stereocenters. The average molecular weight is 419 g/mol. The van der Waals surface area contributed by atoms with E-state index < -0.39 is 5.97 Å². The second kappa shape index (κ2) is 11.8. The molecule has 5 heteroatoms. The van der Waals surface area contributed by atoms with E-state index >= 15 is 0 Å². The number of aryl methyl sites for hydroxylation is 1. The first-order valence-corrected chi connectivity index (χ1v) is 11.1. The Labute approximate surface area is 182 Å². The third-order valence-corrected chi connectivity index (χ3v) is 5.36. The number of carbonyl (C=O) groups is 1. The molecule has 0 saturated heterocycles. The summed E-state index contributed by atoms with van der Waals surface area (Å²) in [7, 11) is 0. The van der Waals surface area contributed by atoms with Crippen molar-refractivity contribution >= 4 is 34.8 Å². The molecule has 0 aliphatic rings. The number of hydrogen-bond acceptors (Lipinski definition) is 5. The van der Waals surface area contributed by atoms with Crippen molar-refractivity contribution in [3.05, 3.63) is 82.6 Å². The summed E-state index contributed by atoms with van der Waals surface area (Å²) in [5.41, 5.74) is 2.86. The van der Waals surface area contributed by atoms with E-state index in [0.29, 0.717) is 11.4 Å². The minimum Gasteiger partial charge on any atom is -0.423 e. The van der Waals surface area contributed by atoms with Gasteiger partial charge in [0.1, 0.15) is 5.75 Å². The van der Waals surface area contributed by atoms with Gasteiger partial charge in [0.05, 0.1) is 11.4 Å². The third kappa shape index (κ3) is 7.41. The molecule has 4 nitrogen and oxygen atoms in total. The van der Waals surface area contributed by atoms with E-state index in [9.17, 15) is 4.79 Å². The zero-order valence-electron chi connectivity index (χ0n) is 17.2. The van der Waals surface area contributed by atoms with Gasteiger partial charge in [-0.15, -0.1) is 11.3 Å². The van der Waals surface area contributed by atoms with Crippen molar-refractivity contribution in [2.24, 2.45) is 10.2 Å². The fourth-order valence-corrected chi connectivity index (χ4v) is 3.49. The van der Waals surface area contributed by atoms with Gasteiger partial charge in [0.15, 0.2) is 0 Å². The first-order valence-electron chi connectivity index (χ1n) is 10.3. The molecular weight excluding hydrogens is 392 g/mol. The second-order valence-corrected chi connectivity index (χ2v) is 7.92. The predicted molar refractivity (Wildman–Crippen MR) is 124 cm³/mol. The molecule has 0 spiro atoms. The number of unbranched alkanes of at least 4 members (excludes halogenated alkanes) is 3. The zero-order chi connectivity index (χ0) is 21.0. The van der Waals surface area contributed by atoms with E-state index in [1.807, 2.05) is 29.6 Å². The summed E-state index contributed by atoms with van der Waals surface area (Å²) >= 11 is 1.57. The maximum atomic E-state index is 11.9. The van der Waals surface area contributed by atoms with Crippen LogP contribution in [0.5, 0.6) is 5.75 Å². The Bertz CT molecular complexity index is 959. The van der Waals surface area contributed by atoms with Gasteiger partial charge >= 0.3 is 5.97 Å². The Hall–Kier alpha value is -3.05. The van der Waals surface area contributed by atoms with Gasteiger partial charge < -0.3 is 4.74 Å². The number of hydrogen-bond donors (Lipinski definition) is 0. The van der Waals surface area contributed by atoms with Gasteiger partial charge in [-0.1, -0.05) is 44.4 Å². The summed E-state index contributed by atoms with van der Waals surface area (Å²) in [6.45, 7) is 2.23. The molecule has 0 fully saturated rings. The molecule has 3 aromatic rings. The van der Waals surface area contributed by atoms with Crippen LogP contribution >= 0.6 is 11.3 Å². The van der Waals surface area contributed by atoms with Gasteiger partial charge in [-0.3, -0.25) is 0 Å². The van der Waals surface area contributed by atoms with E-state index in [1.54, 1.807) is 41.7 Å². The molecule has 0 aliphatic heterocycles. The first-order chi connectivity index (χ1) is 14.7. The summed E-state index contributed by atoms with van der Waals surface area (Å²) in [5.74, 6) is 0.0646. The topological polar surface area (TPSA) is 51.0 Å². The SMILES string of the molecule is CCCCCCc1ccc(N=Nc2ccc(OC(=O)/C=C/c3cccs3)cc2)cc1. The molecule has 0 aliphatic carbocycles. The van der Waals surface area contributed by atoms with Crippen LogP contribution in [-0.4, -0.2) is 5.97 Å². The quantitative estimate of drug-likeness (QED) is 0.110. The van der Waals surface area contributed by atoms with Gasteiger partial charge in [0.2, 0.25) is 0 Å². The summed E-state index contributed by atoms with van der Waals surface area (Å²) in [5, 5.41) is 10.5. The third-order valence-electron chi connectivity index (χ3n) is 4.52. The largest absolute Gasteiger partial charge is 0.423 e. The Morgan fingerprint density at radius 3 is 2.27 bits per heavy atom. The Morgan fingerprint density at radius 1 is 0.933 bits per heavy atom. The summed E-state index contributed by atoms with van der Waals surface area (Å²) in [6, 6.07) is 19.1. The van der Waals surface area contributed by atoms with Crippen molar-refractivity contribution in [1.82, 2.24) is 0 Å². The Kier molecular flexibility index (Phi) is 8.54. The van der Waals surface area contributed by atoms with Gasteiger partial charge in [-0.2, -0.15) is 10.2 Å². The van der Waals surface area contributed by atoms with Crippen LogP contribution < -0.4 is 4.74 Å². The highest BCUT2D eigenvalue weighted by Crippen LogP contribution is 2.22. The Balaban J connectivity index is 1.48. The fourth-order valence-electron chi connectivity index (χ4n) is 2.87. The molecule has 0 N–H and O–H groups in total. The maximum absolute atomic E-state index is 11.9. The van der Waals surface area contributed by atoms with Crippen LogP contribution in [0.15, 0.2) is 82.3 Å². The molecular formula is C25H26N2O2S. The summed E-state index contributed by atoms with van der Waals surface area (Å²) in [6.07, 6.45) is 9.36. The van der Waals surface area contributed by atoms with E-state index in [0.717, 1.165) is 17.0 Å². The fraction of sp³-hybridized carbons (Fsp3) is 0.240. The maximum Gasteiger partial charge on any atom is 0.336 e. The van der Waals surface area contributed by atoms with Crippen LogP contribution in [-0.2, 0) is 11.2 Å². The van der Waals surface area contributed by atoms with Gasteiger partial charge in [0, 0.05) is 11.0 Å². The number of carbonyl (C=O) groups excluding carboxylic acids is 1. The molecule has 0 radical (unpaired) electrons. The van der Waals surface area contributed by atoms with Crippen molar-refractivity contribution in [3.63, 3.8) is 0 Å². The van der Waals surface area contributed by atoms with E-state index in [1.165, 1.54) is 37.3 Å². The lowest BCUT2D eigenvalue weighted by Gasteiger charge is -2.02. The number of thiophene rings is 1. The van der Waals surface area contributed by atoms with Crippen molar-refractivity contribution in [3.8, 4) is 5.75 Å². The molecule has 0 unspecified atom stereocenters. The molecule has 0 amide bonds. The predicted octanol–water partition coefficient (Wildman–Crippen LogP) is 7.91. The lowest BCUT2D eigenvalue weighted by Crippen LogP contribution is -2.03. The molecule has 1 heterocycles. The lowest BCUT2D eigenvalue weighted by molar-refractivity contribution is -0.128. The summed E-state index contributed by atoms with van der Waals surface area (Å²) in [4.78, 5) is 12.9. The molecule has 2 aromatic carbocycles. The molecule has 3 rings (SSSR count). The number of azo groups is 1. The lowest BCUT2D eigenvalue weighted by atomic mass is 10.1.